The first kappa shape index (κ1) is 15.4. The van der Waals surface area contributed by atoms with E-state index >= 15 is 0 Å². The second-order valence-corrected chi connectivity index (χ2v) is 6.94. The second kappa shape index (κ2) is 6.43. The molecular formula is C18H24N4O2. The maximum atomic E-state index is 12.7. The van der Waals surface area contributed by atoms with Crippen molar-refractivity contribution < 1.29 is 9.21 Å². The Morgan fingerprint density at radius 1 is 1.33 bits per heavy atom. The predicted octanol–water partition coefficient (Wildman–Crippen LogP) is 1.85. The van der Waals surface area contributed by atoms with Gasteiger partial charge in [0.1, 0.15) is 5.76 Å². The fraction of sp³-hybridized carbons (Fsp3) is 0.556. The van der Waals surface area contributed by atoms with Gasteiger partial charge in [-0.15, -0.1) is 0 Å². The van der Waals surface area contributed by atoms with E-state index in [0.29, 0.717) is 11.8 Å². The number of hydrogen-bond donors (Lipinski definition) is 0. The van der Waals surface area contributed by atoms with Gasteiger partial charge in [-0.05, 0) is 25.0 Å². The lowest BCUT2D eigenvalue weighted by Gasteiger charge is -2.21. The zero-order valence-corrected chi connectivity index (χ0v) is 14.1. The van der Waals surface area contributed by atoms with Gasteiger partial charge >= 0.3 is 0 Å². The highest BCUT2D eigenvalue weighted by Gasteiger charge is 2.47. The number of aryl methyl sites for hydroxylation is 1. The number of hydrogen-bond acceptors (Lipinski definition) is 4. The van der Waals surface area contributed by atoms with Gasteiger partial charge in [0.25, 0.3) is 0 Å². The summed E-state index contributed by atoms with van der Waals surface area (Å²) in [5.74, 6) is 1.68. The molecule has 2 fully saturated rings. The Morgan fingerprint density at radius 2 is 2.25 bits per heavy atom. The molecule has 0 N–H and O–H groups in total. The molecule has 2 aromatic heterocycles. The first-order valence-corrected chi connectivity index (χ1v) is 8.73. The number of furan rings is 1. The van der Waals surface area contributed by atoms with Crippen molar-refractivity contribution in [1.82, 2.24) is 19.6 Å². The highest BCUT2D eigenvalue weighted by atomic mass is 16.3. The summed E-state index contributed by atoms with van der Waals surface area (Å²) in [4.78, 5) is 17.2. The lowest BCUT2D eigenvalue weighted by molar-refractivity contribution is -0.132. The van der Waals surface area contributed by atoms with Crippen molar-refractivity contribution in [3.8, 4) is 0 Å². The van der Waals surface area contributed by atoms with Crippen molar-refractivity contribution in [2.45, 2.75) is 25.3 Å². The molecule has 2 aromatic rings. The molecule has 3 heterocycles. The third-order valence-corrected chi connectivity index (χ3v) is 5.08. The minimum absolute atomic E-state index is 0.126. The van der Waals surface area contributed by atoms with Gasteiger partial charge in [0, 0.05) is 63.4 Å². The number of amides is 1. The van der Waals surface area contributed by atoms with E-state index in [2.05, 4.69) is 21.1 Å². The normalized spacial score (nSPS) is 24.8. The first-order valence-electron chi connectivity index (χ1n) is 8.73. The van der Waals surface area contributed by atoms with Crippen LogP contribution in [0.15, 0.2) is 35.2 Å². The van der Waals surface area contributed by atoms with Gasteiger partial charge in [0.2, 0.25) is 5.91 Å². The number of aromatic nitrogens is 2. The van der Waals surface area contributed by atoms with Crippen molar-refractivity contribution >= 4 is 5.91 Å². The van der Waals surface area contributed by atoms with Gasteiger partial charge in [-0.1, -0.05) is 0 Å². The predicted molar refractivity (Wildman–Crippen MR) is 89.2 cm³/mol. The van der Waals surface area contributed by atoms with E-state index in [9.17, 15) is 4.79 Å². The average Bonchev–Trinajstić information content (AvgIpc) is 3.08. The van der Waals surface area contributed by atoms with Crippen LogP contribution in [0.4, 0.5) is 0 Å². The fourth-order valence-electron chi connectivity index (χ4n) is 3.68. The third kappa shape index (κ3) is 3.24. The topological polar surface area (TPSA) is 54.5 Å². The molecule has 6 heteroatoms. The van der Waals surface area contributed by atoms with E-state index < -0.39 is 0 Å². The molecule has 1 saturated heterocycles. The molecule has 4 rings (SSSR count). The average molecular weight is 328 g/mol. The van der Waals surface area contributed by atoms with Crippen LogP contribution >= 0.6 is 0 Å². The van der Waals surface area contributed by atoms with E-state index in [1.165, 1.54) is 5.56 Å². The largest absolute Gasteiger partial charge is 0.469 e. The zero-order valence-electron chi connectivity index (χ0n) is 14.1. The van der Waals surface area contributed by atoms with E-state index in [-0.39, 0.29) is 5.92 Å². The Hall–Kier alpha value is -2.08. The number of carbonyl (C=O) groups is 1. The minimum atomic E-state index is 0.126. The molecule has 0 bridgehead atoms. The zero-order chi connectivity index (χ0) is 16.5. The van der Waals surface area contributed by atoms with Crippen LogP contribution in [0.5, 0.6) is 0 Å². The molecule has 128 valence electrons. The smallest absolute Gasteiger partial charge is 0.226 e. The lowest BCUT2D eigenvalue weighted by Crippen LogP contribution is -2.36. The molecule has 0 spiro atoms. The van der Waals surface area contributed by atoms with Crippen LogP contribution in [0.25, 0.3) is 0 Å². The van der Waals surface area contributed by atoms with Crippen LogP contribution in [0.2, 0.25) is 0 Å². The maximum Gasteiger partial charge on any atom is 0.226 e. The molecule has 0 aromatic carbocycles. The van der Waals surface area contributed by atoms with Crippen LogP contribution < -0.4 is 0 Å². The van der Waals surface area contributed by atoms with Crippen LogP contribution in [0.1, 0.15) is 30.1 Å². The molecule has 2 aliphatic rings. The summed E-state index contributed by atoms with van der Waals surface area (Å²) in [5.41, 5.74) is 1.23. The van der Waals surface area contributed by atoms with Gasteiger partial charge in [-0.3, -0.25) is 14.4 Å². The summed E-state index contributed by atoms with van der Waals surface area (Å²) in [5, 5.41) is 4.23. The highest BCUT2D eigenvalue weighted by molar-refractivity contribution is 5.82. The van der Waals surface area contributed by atoms with Gasteiger partial charge in [-0.2, -0.15) is 5.10 Å². The lowest BCUT2D eigenvalue weighted by atomic mass is 10.2. The Labute approximate surface area is 142 Å². The van der Waals surface area contributed by atoms with Crippen LogP contribution in [0, 0.1) is 5.92 Å². The Kier molecular flexibility index (Phi) is 4.14. The van der Waals surface area contributed by atoms with Gasteiger partial charge in [0.05, 0.1) is 12.5 Å². The van der Waals surface area contributed by atoms with Crippen LogP contribution in [0.3, 0.4) is 0 Å². The first-order chi connectivity index (χ1) is 11.7. The summed E-state index contributed by atoms with van der Waals surface area (Å²) >= 11 is 0. The molecule has 6 nitrogen and oxygen atoms in total. The monoisotopic (exact) mass is 328 g/mol. The van der Waals surface area contributed by atoms with E-state index in [0.717, 1.165) is 51.3 Å². The van der Waals surface area contributed by atoms with Crippen molar-refractivity contribution in [3.05, 3.63) is 42.1 Å². The van der Waals surface area contributed by atoms with Crippen LogP contribution in [-0.4, -0.2) is 51.7 Å². The third-order valence-electron chi connectivity index (χ3n) is 5.08. The number of nitrogens with zero attached hydrogens (tertiary/aromatic N) is 4. The Morgan fingerprint density at radius 3 is 3.00 bits per heavy atom. The molecule has 24 heavy (non-hydrogen) atoms. The fourth-order valence-corrected chi connectivity index (χ4v) is 3.68. The standard InChI is InChI=1S/C18H24N4O2/c1-20-12-14(11-19-20)13-21-5-3-6-22(8-7-21)18(23)16-10-15(16)17-4-2-9-24-17/h2,4,9,11-12,15-16H,3,5-8,10,13H2,1H3/t15-,16-/m1/s1. The molecule has 1 aliphatic heterocycles. The summed E-state index contributed by atoms with van der Waals surface area (Å²) in [6.07, 6.45) is 7.64. The molecule has 0 unspecified atom stereocenters. The molecule has 0 radical (unpaired) electrons. The summed E-state index contributed by atoms with van der Waals surface area (Å²) in [6, 6.07) is 3.88. The summed E-state index contributed by atoms with van der Waals surface area (Å²) in [7, 11) is 1.94. The van der Waals surface area contributed by atoms with Gasteiger partial charge < -0.3 is 9.32 Å². The van der Waals surface area contributed by atoms with Crippen molar-refractivity contribution in [2.75, 3.05) is 26.2 Å². The Balaban J connectivity index is 1.31. The van der Waals surface area contributed by atoms with E-state index in [1.54, 1.807) is 6.26 Å². The highest BCUT2D eigenvalue weighted by Crippen LogP contribution is 2.48. The number of carbonyl (C=O) groups excluding carboxylic acids is 1. The summed E-state index contributed by atoms with van der Waals surface area (Å²) in [6.45, 7) is 4.56. The van der Waals surface area contributed by atoms with Crippen molar-refractivity contribution in [3.63, 3.8) is 0 Å². The SMILES string of the molecule is Cn1cc(CN2CCCN(C(=O)[C@@H]3C[C@H]3c3ccco3)CC2)cn1. The number of rotatable bonds is 4. The van der Waals surface area contributed by atoms with Gasteiger partial charge in [-0.25, -0.2) is 0 Å². The Bertz CT molecular complexity index is 694. The maximum absolute atomic E-state index is 12.7. The quantitative estimate of drug-likeness (QED) is 0.859. The molecular weight excluding hydrogens is 304 g/mol. The van der Waals surface area contributed by atoms with Crippen molar-refractivity contribution in [2.24, 2.45) is 13.0 Å². The van der Waals surface area contributed by atoms with E-state index in [1.807, 2.05) is 30.1 Å². The molecule has 1 saturated carbocycles. The second-order valence-electron chi connectivity index (χ2n) is 6.94. The minimum Gasteiger partial charge on any atom is -0.469 e. The molecule has 2 atom stereocenters. The van der Waals surface area contributed by atoms with Crippen LogP contribution in [-0.2, 0) is 18.4 Å². The summed E-state index contributed by atoms with van der Waals surface area (Å²) < 4.78 is 7.29. The molecule has 1 aliphatic carbocycles. The molecule has 1 amide bonds. The van der Waals surface area contributed by atoms with E-state index in [4.69, 9.17) is 4.42 Å². The van der Waals surface area contributed by atoms with Gasteiger partial charge in [0.15, 0.2) is 0 Å². The van der Waals surface area contributed by atoms with Crippen molar-refractivity contribution in [1.29, 1.82) is 0 Å².